The standard InChI is InChI=1S/C43H76O5Si2/c1-17-26-41(11,27-18-2)46-38(44)31-45-43(48-50(15,16)40(8,9)10)29-34(32(4)37(30-43)47-49(13,14)39(5,6)7)23-22-33-21-20-28-42(12)35(19-3)24-25-36(33)42/h22-24,36-37H,4,17-21,25-31H2,1-3,5-16H3/t36-,37-,42+,43+/m0/s1. The summed E-state index contributed by atoms with van der Waals surface area (Å²) in [6, 6.07) is 0. The summed E-state index contributed by atoms with van der Waals surface area (Å²) in [4.78, 5) is 13.6. The van der Waals surface area contributed by atoms with Crippen molar-refractivity contribution < 1.29 is 23.1 Å². The van der Waals surface area contributed by atoms with Gasteiger partial charge in [0.2, 0.25) is 0 Å². The zero-order chi connectivity index (χ0) is 38.0. The number of ether oxygens (including phenoxy) is 2. The maximum Gasteiger partial charge on any atom is 0.332 e. The molecule has 0 saturated heterocycles. The number of esters is 1. The third-order valence-corrected chi connectivity index (χ3v) is 22.2. The van der Waals surface area contributed by atoms with Crippen LogP contribution in [0, 0.1) is 11.3 Å². The summed E-state index contributed by atoms with van der Waals surface area (Å²) in [6.45, 7) is 38.4. The van der Waals surface area contributed by atoms with Crippen molar-refractivity contribution in [1.82, 2.24) is 0 Å². The maximum absolute atomic E-state index is 13.6. The van der Waals surface area contributed by atoms with Crippen LogP contribution in [0.15, 0.2) is 47.1 Å². The number of fused-ring (bicyclic) bond motifs is 1. The summed E-state index contributed by atoms with van der Waals surface area (Å²) < 4.78 is 27.6. The van der Waals surface area contributed by atoms with E-state index in [1.807, 2.05) is 0 Å². The van der Waals surface area contributed by atoms with Gasteiger partial charge in [-0.25, -0.2) is 4.79 Å². The van der Waals surface area contributed by atoms with Crippen molar-refractivity contribution in [2.24, 2.45) is 11.3 Å². The first-order chi connectivity index (χ1) is 22.9. The van der Waals surface area contributed by atoms with Crippen molar-refractivity contribution in [2.75, 3.05) is 6.61 Å². The Balaban J connectivity index is 2.10. The van der Waals surface area contributed by atoms with E-state index in [1.165, 1.54) is 18.4 Å². The molecule has 0 spiro atoms. The van der Waals surface area contributed by atoms with Gasteiger partial charge in [0.1, 0.15) is 12.2 Å². The molecule has 3 aliphatic rings. The van der Waals surface area contributed by atoms with Gasteiger partial charge >= 0.3 is 5.97 Å². The number of hydrogen-bond acceptors (Lipinski definition) is 5. The minimum atomic E-state index is -2.38. The third-order valence-electron chi connectivity index (χ3n) is 13.2. The lowest BCUT2D eigenvalue weighted by Gasteiger charge is -2.51. The second kappa shape index (κ2) is 16.0. The van der Waals surface area contributed by atoms with E-state index < -0.39 is 28.0 Å². The fraction of sp³-hybridized carbons (Fsp3) is 0.791. The number of carbonyl (C=O) groups is 1. The SMILES string of the molecule is C=C1C(=CC=C2CCC[C@]3(C)C(CC)=CC[C@@H]23)C[C@@](OCC(=O)OC(C)(CCC)CCC)(O[Si](C)(C)C(C)(C)C)C[C@@H]1O[Si](C)(C)C(C)(C)C. The first kappa shape index (κ1) is 43.2. The summed E-state index contributed by atoms with van der Waals surface area (Å²) in [7, 11) is -4.59. The molecule has 0 heterocycles. The van der Waals surface area contributed by atoms with Gasteiger partial charge in [0.05, 0.1) is 6.10 Å². The second-order valence-electron chi connectivity index (χ2n) is 19.3. The molecule has 0 aliphatic heterocycles. The second-order valence-corrected chi connectivity index (χ2v) is 28.8. The van der Waals surface area contributed by atoms with Crippen LogP contribution in [0.2, 0.25) is 36.3 Å². The van der Waals surface area contributed by atoms with E-state index >= 15 is 0 Å². The van der Waals surface area contributed by atoms with Gasteiger partial charge in [-0.2, -0.15) is 0 Å². The molecule has 7 heteroatoms. The van der Waals surface area contributed by atoms with Crippen LogP contribution in [0.1, 0.15) is 147 Å². The Bertz CT molecular complexity index is 1300. The lowest BCUT2D eigenvalue weighted by molar-refractivity contribution is -0.220. The molecule has 3 rings (SSSR count). The predicted octanol–water partition coefficient (Wildman–Crippen LogP) is 12.8. The molecule has 0 unspecified atom stereocenters. The molecule has 50 heavy (non-hydrogen) atoms. The molecule has 0 aromatic heterocycles. The number of hydrogen-bond donors (Lipinski definition) is 0. The first-order valence-electron chi connectivity index (χ1n) is 19.9. The molecule has 0 bridgehead atoms. The molecule has 0 aromatic carbocycles. The summed E-state index contributed by atoms with van der Waals surface area (Å²) in [5.74, 6) is -0.815. The lowest BCUT2D eigenvalue weighted by Crippen LogP contribution is -2.56. The van der Waals surface area contributed by atoms with Crippen LogP contribution < -0.4 is 0 Å². The third kappa shape index (κ3) is 9.83. The quantitative estimate of drug-likeness (QED) is 0.0771. The van der Waals surface area contributed by atoms with Crippen LogP contribution in [0.3, 0.4) is 0 Å². The Kier molecular flexibility index (Phi) is 13.8. The molecule has 0 aromatic rings. The van der Waals surface area contributed by atoms with Crippen LogP contribution in [0.5, 0.6) is 0 Å². The summed E-state index contributed by atoms with van der Waals surface area (Å²) in [6.07, 6.45) is 17.4. The Morgan fingerprint density at radius 2 is 1.56 bits per heavy atom. The molecule has 4 atom stereocenters. The summed E-state index contributed by atoms with van der Waals surface area (Å²) in [5, 5.41) is -0.0357. The minimum Gasteiger partial charge on any atom is -0.458 e. The highest BCUT2D eigenvalue weighted by molar-refractivity contribution is 6.74. The number of allylic oxidation sites excluding steroid dienone is 5. The monoisotopic (exact) mass is 729 g/mol. The zero-order valence-corrected chi connectivity index (χ0v) is 37.1. The molecule has 0 radical (unpaired) electrons. The van der Waals surface area contributed by atoms with Crippen LogP contribution in [-0.2, 0) is 23.1 Å². The Morgan fingerprint density at radius 1 is 0.960 bits per heavy atom. The predicted molar refractivity (Wildman–Crippen MR) is 216 cm³/mol. The first-order valence-corrected chi connectivity index (χ1v) is 25.7. The highest BCUT2D eigenvalue weighted by Gasteiger charge is 2.52. The summed E-state index contributed by atoms with van der Waals surface area (Å²) in [5.41, 5.74) is 5.06. The van der Waals surface area contributed by atoms with Crippen LogP contribution >= 0.6 is 0 Å². The molecule has 2 saturated carbocycles. The fourth-order valence-corrected chi connectivity index (χ4v) is 10.9. The Morgan fingerprint density at radius 3 is 2.10 bits per heavy atom. The molecular weight excluding hydrogens is 653 g/mol. The van der Waals surface area contributed by atoms with Gasteiger partial charge in [0, 0.05) is 12.8 Å². The fourth-order valence-electron chi connectivity index (χ4n) is 8.18. The van der Waals surface area contributed by atoms with E-state index in [9.17, 15) is 4.79 Å². The van der Waals surface area contributed by atoms with Crippen molar-refractivity contribution in [2.45, 2.75) is 201 Å². The van der Waals surface area contributed by atoms with Gasteiger partial charge in [-0.1, -0.05) is 118 Å². The van der Waals surface area contributed by atoms with Crippen molar-refractivity contribution in [3.63, 3.8) is 0 Å². The molecule has 0 amide bonds. The molecule has 286 valence electrons. The van der Waals surface area contributed by atoms with Crippen LogP contribution in [0.25, 0.3) is 0 Å². The van der Waals surface area contributed by atoms with Crippen LogP contribution in [-0.4, -0.2) is 46.7 Å². The smallest absolute Gasteiger partial charge is 0.332 e. The topological polar surface area (TPSA) is 54.0 Å². The van der Waals surface area contributed by atoms with E-state index in [-0.39, 0.29) is 34.2 Å². The average Bonchev–Trinajstić information content (AvgIpc) is 3.32. The number of carbonyl (C=O) groups excluding carboxylic acids is 1. The van der Waals surface area contributed by atoms with Gasteiger partial charge in [-0.15, -0.1) is 0 Å². The lowest BCUT2D eigenvalue weighted by atomic mass is 9.64. The molecule has 3 aliphatic carbocycles. The normalized spacial score (nSPS) is 28.6. The maximum atomic E-state index is 13.6. The van der Waals surface area contributed by atoms with Gasteiger partial charge < -0.3 is 18.3 Å². The Hall–Kier alpha value is -1.26. The van der Waals surface area contributed by atoms with E-state index in [2.05, 4.69) is 121 Å². The summed E-state index contributed by atoms with van der Waals surface area (Å²) >= 11 is 0. The molecule has 2 fully saturated rings. The van der Waals surface area contributed by atoms with E-state index in [4.69, 9.17) is 24.9 Å². The van der Waals surface area contributed by atoms with Crippen molar-refractivity contribution in [3.8, 4) is 0 Å². The van der Waals surface area contributed by atoms with Gasteiger partial charge in [-0.3, -0.25) is 0 Å². The molecular formula is C43H76O5Si2. The Labute approximate surface area is 310 Å². The highest BCUT2D eigenvalue weighted by atomic mass is 28.4. The largest absolute Gasteiger partial charge is 0.458 e. The average molecular weight is 729 g/mol. The minimum absolute atomic E-state index is 0.0201. The van der Waals surface area contributed by atoms with Crippen LogP contribution in [0.4, 0.5) is 0 Å². The van der Waals surface area contributed by atoms with Gasteiger partial charge in [0.25, 0.3) is 0 Å². The van der Waals surface area contributed by atoms with Crippen molar-refractivity contribution in [3.05, 3.63) is 47.1 Å². The van der Waals surface area contributed by atoms with E-state index in [1.54, 1.807) is 5.57 Å². The highest BCUT2D eigenvalue weighted by Crippen LogP contribution is 2.56. The molecule has 5 nitrogen and oxygen atoms in total. The van der Waals surface area contributed by atoms with E-state index in [0.29, 0.717) is 18.8 Å². The van der Waals surface area contributed by atoms with E-state index in [0.717, 1.165) is 56.1 Å². The zero-order valence-electron chi connectivity index (χ0n) is 35.1. The van der Waals surface area contributed by atoms with Gasteiger partial charge in [0.15, 0.2) is 22.4 Å². The van der Waals surface area contributed by atoms with Gasteiger partial charge in [-0.05, 0) is 111 Å². The molecule has 0 N–H and O–H groups in total. The van der Waals surface area contributed by atoms with Crippen molar-refractivity contribution in [1.29, 1.82) is 0 Å². The number of rotatable bonds is 14. The van der Waals surface area contributed by atoms with Crippen molar-refractivity contribution >= 4 is 22.6 Å².